The second-order valence-corrected chi connectivity index (χ2v) is 6.30. The first-order valence-corrected chi connectivity index (χ1v) is 7.37. The Bertz CT molecular complexity index is 381. The minimum absolute atomic E-state index is 0.114. The third-order valence-electron chi connectivity index (χ3n) is 3.68. The van der Waals surface area contributed by atoms with Crippen molar-refractivity contribution in [2.75, 3.05) is 13.1 Å². The summed E-state index contributed by atoms with van der Waals surface area (Å²) in [6.07, 6.45) is 6.07. The molecule has 114 valence electrons. The zero-order chi connectivity index (χ0) is 15.0. The van der Waals surface area contributed by atoms with Crippen LogP contribution >= 0.6 is 0 Å². The van der Waals surface area contributed by atoms with Crippen LogP contribution in [-0.2, 0) is 11.3 Å². The molecule has 0 aliphatic heterocycles. The number of nitrogens with one attached hydrogen (secondary N) is 1. The van der Waals surface area contributed by atoms with Gasteiger partial charge in [-0.3, -0.25) is 9.48 Å². The lowest BCUT2D eigenvalue weighted by molar-refractivity contribution is -0.121. The molecule has 0 aliphatic rings. The molecule has 0 aromatic carbocycles. The van der Waals surface area contributed by atoms with Crippen LogP contribution in [0, 0.1) is 11.3 Å². The first-order valence-electron chi connectivity index (χ1n) is 7.37. The normalized spacial score (nSPS) is 13.2. The lowest BCUT2D eigenvalue weighted by Gasteiger charge is -2.30. The van der Waals surface area contributed by atoms with E-state index in [1.807, 2.05) is 16.9 Å². The van der Waals surface area contributed by atoms with Gasteiger partial charge in [0.05, 0.1) is 6.54 Å². The first kappa shape index (κ1) is 16.7. The van der Waals surface area contributed by atoms with Gasteiger partial charge in [-0.25, -0.2) is 0 Å². The average molecular weight is 280 g/mol. The number of carbonyl (C=O) groups is 1. The highest BCUT2D eigenvalue weighted by atomic mass is 16.1. The molecule has 1 aromatic rings. The van der Waals surface area contributed by atoms with E-state index in [0.29, 0.717) is 32.0 Å². The maximum Gasteiger partial charge on any atom is 0.220 e. The van der Waals surface area contributed by atoms with Gasteiger partial charge in [0, 0.05) is 25.4 Å². The van der Waals surface area contributed by atoms with Crippen LogP contribution in [0.15, 0.2) is 18.5 Å². The largest absolute Gasteiger partial charge is 0.354 e. The van der Waals surface area contributed by atoms with E-state index in [1.54, 1.807) is 6.20 Å². The summed E-state index contributed by atoms with van der Waals surface area (Å²) < 4.78 is 1.81. The molecule has 0 bridgehead atoms. The summed E-state index contributed by atoms with van der Waals surface area (Å²) in [5.74, 6) is 0.604. The minimum atomic E-state index is 0.114. The minimum Gasteiger partial charge on any atom is -0.354 e. The Balaban J connectivity index is 2.24. The second-order valence-electron chi connectivity index (χ2n) is 6.30. The fourth-order valence-corrected chi connectivity index (χ4v) is 2.35. The van der Waals surface area contributed by atoms with Gasteiger partial charge in [-0.1, -0.05) is 20.8 Å². The van der Waals surface area contributed by atoms with E-state index in [4.69, 9.17) is 5.73 Å². The number of amides is 1. The van der Waals surface area contributed by atoms with E-state index in [-0.39, 0.29) is 11.3 Å². The number of aromatic nitrogens is 2. The number of hydrogen-bond donors (Lipinski definition) is 2. The molecule has 1 heterocycles. The van der Waals surface area contributed by atoms with E-state index in [2.05, 4.69) is 31.2 Å². The van der Waals surface area contributed by atoms with Gasteiger partial charge in [-0.15, -0.1) is 0 Å². The topological polar surface area (TPSA) is 72.9 Å². The van der Waals surface area contributed by atoms with Gasteiger partial charge in [-0.05, 0) is 36.8 Å². The SMILES string of the molecule is CC(C)(C)C(CCN)CCC(=O)NCCn1cccn1. The van der Waals surface area contributed by atoms with Crippen molar-refractivity contribution in [3.05, 3.63) is 18.5 Å². The molecule has 1 atom stereocenters. The molecule has 0 spiro atoms. The Kier molecular flexibility index (Phi) is 6.71. The fourth-order valence-electron chi connectivity index (χ4n) is 2.35. The maximum absolute atomic E-state index is 11.8. The average Bonchev–Trinajstić information content (AvgIpc) is 2.86. The van der Waals surface area contributed by atoms with Gasteiger partial charge in [0.1, 0.15) is 0 Å². The zero-order valence-corrected chi connectivity index (χ0v) is 12.9. The number of hydrogen-bond acceptors (Lipinski definition) is 3. The van der Waals surface area contributed by atoms with Crippen LogP contribution in [0.1, 0.15) is 40.0 Å². The second kappa shape index (κ2) is 8.04. The summed E-state index contributed by atoms with van der Waals surface area (Å²) in [6.45, 7) is 8.65. The molecule has 1 unspecified atom stereocenters. The Morgan fingerprint density at radius 2 is 2.15 bits per heavy atom. The molecular formula is C15H28N4O. The van der Waals surface area contributed by atoms with Crippen molar-refractivity contribution in [3.8, 4) is 0 Å². The zero-order valence-electron chi connectivity index (χ0n) is 12.9. The highest BCUT2D eigenvalue weighted by Crippen LogP contribution is 2.31. The number of carbonyl (C=O) groups excluding carboxylic acids is 1. The lowest BCUT2D eigenvalue weighted by atomic mass is 9.76. The molecule has 20 heavy (non-hydrogen) atoms. The van der Waals surface area contributed by atoms with Gasteiger partial charge in [0.25, 0.3) is 0 Å². The van der Waals surface area contributed by atoms with Crippen molar-refractivity contribution in [2.24, 2.45) is 17.1 Å². The summed E-state index contributed by atoms with van der Waals surface area (Å²) >= 11 is 0. The van der Waals surface area contributed by atoms with Crippen molar-refractivity contribution in [2.45, 2.75) is 46.6 Å². The van der Waals surface area contributed by atoms with Crippen molar-refractivity contribution in [1.82, 2.24) is 15.1 Å². The van der Waals surface area contributed by atoms with Crippen LogP contribution in [-0.4, -0.2) is 28.8 Å². The van der Waals surface area contributed by atoms with Crippen molar-refractivity contribution in [1.29, 1.82) is 0 Å². The Hall–Kier alpha value is -1.36. The molecule has 3 N–H and O–H groups in total. The third kappa shape index (κ3) is 6.19. The Morgan fingerprint density at radius 3 is 2.70 bits per heavy atom. The highest BCUT2D eigenvalue weighted by molar-refractivity contribution is 5.75. The number of nitrogens with two attached hydrogens (primary N) is 1. The van der Waals surface area contributed by atoms with Crippen LogP contribution in [0.5, 0.6) is 0 Å². The number of rotatable bonds is 8. The molecular weight excluding hydrogens is 252 g/mol. The third-order valence-corrected chi connectivity index (χ3v) is 3.68. The molecule has 0 saturated carbocycles. The van der Waals surface area contributed by atoms with Crippen molar-refractivity contribution < 1.29 is 4.79 Å². The van der Waals surface area contributed by atoms with E-state index in [0.717, 1.165) is 12.8 Å². The molecule has 1 aromatic heterocycles. The highest BCUT2D eigenvalue weighted by Gasteiger charge is 2.24. The summed E-state index contributed by atoms with van der Waals surface area (Å²) in [6, 6.07) is 1.88. The van der Waals surface area contributed by atoms with E-state index in [9.17, 15) is 4.79 Å². The molecule has 5 heteroatoms. The number of nitrogens with zero attached hydrogens (tertiary/aromatic N) is 2. The van der Waals surface area contributed by atoms with Crippen LogP contribution < -0.4 is 11.1 Å². The van der Waals surface area contributed by atoms with Crippen LogP contribution in [0.3, 0.4) is 0 Å². The van der Waals surface area contributed by atoms with Crippen molar-refractivity contribution in [3.63, 3.8) is 0 Å². The quantitative estimate of drug-likeness (QED) is 0.762. The van der Waals surface area contributed by atoms with Gasteiger partial charge >= 0.3 is 0 Å². The summed E-state index contributed by atoms with van der Waals surface area (Å²) in [5, 5.41) is 7.03. The predicted molar refractivity (Wildman–Crippen MR) is 81.1 cm³/mol. The standard InChI is InChI=1S/C15H28N4O/c1-15(2,3)13(7-8-16)5-6-14(20)17-10-12-19-11-4-9-18-19/h4,9,11,13H,5-8,10,12,16H2,1-3H3,(H,17,20). The summed E-state index contributed by atoms with van der Waals surface area (Å²) in [7, 11) is 0. The molecule has 0 radical (unpaired) electrons. The summed E-state index contributed by atoms with van der Waals surface area (Å²) in [5.41, 5.74) is 5.86. The van der Waals surface area contributed by atoms with E-state index >= 15 is 0 Å². The lowest BCUT2D eigenvalue weighted by Crippen LogP contribution is -2.29. The van der Waals surface area contributed by atoms with Gasteiger partial charge in [-0.2, -0.15) is 5.10 Å². The van der Waals surface area contributed by atoms with Crippen LogP contribution in [0.4, 0.5) is 0 Å². The first-order chi connectivity index (χ1) is 9.43. The smallest absolute Gasteiger partial charge is 0.220 e. The summed E-state index contributed by atoms with van der Waals surface area (Å²) in [4.78, 5) is 11.8. The predicted octanol–water partition coefficient (Wildman–Crippen LogP) is 1.79. The van der Waals surface area contributed by atoms with Crippen LogP contribution in [0.2, 0.25) is 0 Å². The maximum atomic E-state index is 11.8. The van der Waals surface area contributed by atoms with E-state index in [1.165, 1.54) is 0 Å². The van der Waals surface area contributed by atoms with Crippen molar-refractivity contribution >= 4 is 5.91 Å². The van der Waals surface area contributed by atoms with E-state index < -0.39 is 0 Å². The molecule has 5 nitrogen and oxygen atoms in total. The van der Waals surface area contributed by atoms with Gasteiger partial charge < -0.3 is 11.1 Å². The fraction of sp³-hybridized carbons (Fsp3) is 0.733. The van der Waals surface area contributed by atoms with Gasteiger partial charge in [0.2, 0.25) is 5.91 Å². The Labute approximate surface area is 121 Å². The molecule has 0 fully saturated rings. The molecule has 1 rings (SSSR count). The van der Waals surface area contributed by atoms with Gasteiger partial charge in [0.15, 0.2) is 0 Å². The molecule has 0 aliphatic carbocycles. The monoisotopic (exact) mass is 280 g/mol. The van der Waals surface area contributed by atoms with Crippen LogP contribution in [0.25, 0.3) is 0 Å². The molecule has 0 saturated heterocycles. The Morgan fingerprint density at radius 1 is 1.40 bits per heavy atom. The molecule has 1 amide bonds.